The van der Waals surface area contributed by atoms with Crippen molar-refractivity contribution in [2.24, 2.45) is 0 Å². The van der Waals surface area contributed by atoms with Crippen molar-refractivity contribution in [3.8, 4) is 6.07 Å². The zero-order valence-corrected chi connectivity index (χ0v) is 19.4. The summed E-state index contributed by atoms with van der Waals surface area (Å²) < 4.78 is 0. The van der Waals surface area contributed by atoms with E-state index >= 15 is 0 Å². The quantitative estimate of drug-likeness (QED) is 0.651. The van der Waals surface area contributed by atoms with Crippen LogP contribution in [0.5, 0.6) is 0 Å². The van der Waals surface area contributed by atoms with E-state index < -0.39 is 0 Å². The Kier molecular flexibility index (Phi) is 6.94. The van der Waals surface area contributed by atoms with Crippen molar-refractivity contribution in [3.05, 3.63) is 45.8 Å². The maximum atomic E-state index is 13.1. The number of anilines is 2. The number of nitrogens with one attached hydrogen (secondary N) is 1. The van der Waals surface area contributed by atoms with Crippen LogP contribution in [0, 0.1) is 11.3 Å². The molecule has 31 heavy (non-hydrogen) atoms. The number of likely N-dealkylation sites (N-methyl/N-ethyl adjacent to an activating group) is 1. The van der Waals surface area contributed by atoms with Crippen molar-refractivity contribution in [2.75, 3.05) is 30.4 Å². The fourth-order valence-corrected chi connectivity index (χ4v) is 5.92. The van der Waals surface area contributed by atoms with Gasteiger partial charge >= 0.3 is 0 Å². The van der Waals surface area contributed by atoms with E-state index in [4.69, 9.17) is 0 Å². The summed E-state index contributed by atoms with van der Waals surface area (Å²) in [6, 6.07) is 10.6. The lowest BCUT2D eigenvalue weighted by Gasteiger charge is -2.27. The van der Waals surface area contributed by atoms with E-state index in [-0.39, 0.29) is 11.9 Å². The molecule has 0 radical (unpaired) electrons. The molecular weight excluding hydrogens is 404 g/mol. The number of carbonyl (C=O) groups excluding carboxylic acids is 1. The first-order chi connectivity index (χ1) is 15.1. The van der Waals surface area contributed by atoms with Gasteiger partial charge in [-0.1, -0.05) is 24.6 Å². The van der Waals surface area contributed by atoms with Gasteiger partial charge in [-0.15, -0.1) is 11.3 Å². The number of aryl methyl sites for hydroxylation is 1. The predicted octanol–water partition coefficient (Wildman–Crippen LogP) is 4.95. The summed E-state index contributed by atoms with van der Waals surface area (Å²) in [6.07, 6.45) is 7.97. The van der Waals surface area contributed by atoms with Crippen LogP contribution in [0.3, 0.4) is 0 Å². The van der Waals surface area contributed by atoms with Crippen LogP contribution in [0.1, 0.15) is 60.6 Å². The van der Waals surface area contributed by atoms with E-state index in [1.807, 2.05) is 14.0 Å². The summed E-state index contributed by atoms with van der Waals surface area (Å²) in [7, 11) is 2.00. The average Bonchev–Trinajstić information content (AvgIpc) is 3.36. The fourth-order valence-electron chi connectivity index (χ4n) is 4.68. The Morgan fingerprint density at radius 1 is 1.19 bits per heavy atom. The summed E-state index contributed by atoms with van der Waals surface area (Å²) in [5.41, 5.74) is 4.39. The number of thiophene rings is 1. The minimum atomic E-state index is -0.292. The van der Waals surface area contributed by atoms with Gasteiger partial charge in [0.2, 0.25) is 5.91 Å². The number of benzene rings is 1. The monoisotopic (exact) mass is 436 g/mol. The molecule has 1 saturated heterocycles. The SMILES string of the molecule is C[C@@H](C(=O)Nc1sc2c(c1C#N)CCCCC2)N(C)Cc1ccccc1N1CCCC1. The molecule has 0 saturated carbocycles. The molecule has 0 bridgehead atoms. The van der Waals surface area contributed by atoms with E-state index in [1.165, 1.54) is 47.4 Å². The van der Waals surface area contributed by atoms with Gasteiger partial charge in [0.15, 0.2) is 0 Å². The van der Waals surface area contributed by atoms with Gasteiger partial charge in [0.05, 0.1) is 11.6 Å². The second-order valence-electron chi connectivity index (χ2n) is 8.78. The van der Waals surface area contributed by atoms with Crippen molar-refractivity contribution >= 4 is 27.9 Å². The predicted molar refractivity (Wildman–Crippen MR) is 128 cm³/mol. The first-order valence-corrected chi connectivity index (χ1v) is 12.3. The number of rotatable bonds is 6. The Morgan fingerprint density at radius 2 is 1.94 bits per heavy atom. The zero-order chi connectivity index (χ0) is 21.8. The Hall–Kier alpha value is -2.36. The molecule has 6 heteroatoms. The number of hydrogen-bond acceptors (Lipinski definition) is 5. The molecule has 2 heterocycles. The standard InChI is InChI=1S/C25H32N4OS/c1-18(28(2)17-19-10-6-7-12-22(19)29-14-8-9-15-29)24(30)27-25-21(16-26)20-11-4-3-5-13-23(20)31-25/h6-7,10,12,18H,3-5,8-9,11,13-15,17H2,1-2H3,(H,27,30)/t18-/m0/s1. The minimum absolute atomic E-state index is 0.0472. The average molecular weight is 437 g/mol. The smallest absolute Gasteiger partial charge is 0.242 e. The molecule has 1 aromatic carbocycles. The zero-order valence-electron chi connectivity index (χ0n) is 18.6. The first kappa shape index (κ1) is 21.9. The molecule has 2 aliphatic rings. The number of hydrogen-bond donors (Lipinski definition) is 1. The third-order valence-corrected chi connectivity index (χ3v) is 7.88. The third kappa shape index (κ3) is 4.78. The van der Waals surface area contributed by atoms with Crippen LogP contribution in [0.15, 0.2) is 24.3 Å². The highest BCUT2D eigenvalue weighted by Gasteiger charge is 2.25. The number of nitrogens with zero attached hydrogens (tertiary/aromatic N) is 3. The van der Waals surface area contributed by atoms with Gasteiger partial charge in [-0.05, 0) is 69.7 Å². The van der Waals surface area contributed by atoms with Crippen LogP contribution in [0.2, 0.25) is 0 Å². The van der Waals surface area contributed by atoms with E-state index in [1.54, 1.807) is 11.3 Å². The van der Waals surface area contributed by atoms with Gasteiger partial charge in [0, 0.05) is 30.2 Å². The van der Waals surface area contributed by atoms with Gasteiger partial charge < -0.3 is 10.2 Å². The Morgan fingerprint density at radius 3 is 2.71 bits per heavy atom. The lowest BCUT2D eigenvalue weighted by atomic mass is 10.1. The van der Waals surface area contributed by atoms with Gasteiger partial charge in [-0.2, -0.15) is 5.26 Å². The molecule has 1 aromatic heterocycles. The summed E-state index contributed by atoms with van der Waals surface area (Å²) >= 11 is 1.60. The minimum Gasteiger partial charge on any atom is -0.371 e. The van der Waals surface area contributed by atoms with Crippen LogP contribution in [0.4, 0.5) is 10.7 Å². The number of fused-ring (bicyclic) bond motifs is 1. The largest absolute Gasteiger partial charge is 0.371 e. The van der Waals surface area contributed by atoms with E-state index in [0.717, 1.165) is 37.4 Å². The molecule has 1 fully saturated rings. The maximum absolute atomic E-state index is 13.1. The molecule has 5 nitrogen and oxygen atoms in total. The molecule has 1 aliphatic carbocycles. The van der Waals surface area contributed by atoms with Gasteiger partial charge in [0.25, 0.3) is 0 Å². The fraction of sp³-hybridized carbons (Fsp3) is 0.520. The topological polar surface area (TPSA) is 59.4 Å². The molecule has 1 N–H and O–H groups in total. The van der Waals surface area contributed by atoms with Crippen molar-refractivity contribution in [1.29, 1.82) is 5.26 Å². The Bertz CT molecular complexity index is 970. The molecule has 0 spiro atoms. The molecule has 1 aliphatic heterocycles. The normalized spacial score (nSPS) is 17.2. The summed E-state index contributed by atoms with van der Waals surface area (Å²) in [6.45, 7) is 4.87. The third-order valence-electron chi connectivity index (χ3n) is 6.67. The molecule has 164 valence electrons. The van der Waals surface area contributed by atoms with Crippen LogP contribution >= 0.6 is 11.3 Å². The van der Waals surface area contributed by atoms with E-state index in [9.17, 15) is 10.1 Å². The van der Waals surface area contributed by atoms with Crippen LogP contribution in [-0.4, -0.2) is 37.0 Å². The number of para-hydroxylation sites is 1. The second kappa shape index (κ2) is 9.84. The maximum Gasteiger partial charge on any atom is 0.242 e. The van der Waals surface area contributed by atoms with Crippen LogP contribution in [0.25, 0.3) is 0 Å². The van der Waals surface area contributed by atoms with Gasteiger partial charge in [-0.25, -0.2) is 0 Å². The second-order valence-corrected chi connectivity index (χ2v) is 9.89. The lowest BCUT2D eigenvalue weighted by Crippen LogP contribution is -2.39. The van der Waals surface area contributed by atoms with Crippen molar-refractivity contribution < 1.29 is 4.79 Å². The lowest BCUT2D eigenvalue weighted by molar-refractivity contribution is -0.120. The molecule has 1 atom stereocenters. The Labute approximate surface area is 189 Å². The molecule has 2 aromatic rings. The highest BCUT2D eigenvalue weighted by Crippen LogP contribution is 2.37. The molecule has 0 unspecified atom stereocenters. The molecule has 1 amide bonds. The van der Waals surface area contributed by atoms with Gasteiger partial charge in [0.1, 0.15) is 11.1 Å². The Balaban J connectivity index is 1.45. The van der Waals surface area contributed by atoms with Crippen LogP contribution in [-0.2, 0) is 24.2 Å². The molecular formula is C25H32N4OS. The first-order valence-electron chi connectivity index (χ1n) is 11.5. The van der Waals surface area contributed by atoms with Crippen LogP contribution < -0.4 is 10.2 Å². The number of nitriles is 1. The number of carbonyl (C=O) groups is 1. The molecule has 4 rings (SSSR count). The van der Waals surface area contributed by atoms with E-state index in [0.29, 0.717) is 12.1 Å². The van der Waals surface area contributed by atoms with Crippen molar-refractivity contribution in [3.63, 3.8) is 0 Å². The highest BCUT2D eigenvalue weighted by molar-refractivity contribution is 7.16. The summed E-state index contributed by atoms with van der Waals surface area (Å²) in [5, 5.41) is 13.5. The van der Waals surface area contributed by atoms with Crippen molar-refractivity contribution in [2.45, 2.75) is 64.5 Å². The van der Waals surface area contributed by atoms with Crippen molar-refractivity contribution in [1.82, 2.24) is 4.90 Å². The highest BCUT2D eigenvalue weighted by atomic mass is 32.1. The van der Waals surface area contributed by atoms with Gasteiger partial charge in [-0.3, -0.25) is 9.69 Å². The summed E-state index contributed by atoms with van der Waals surface area (Å²) in [5.74, 6) is -0.0472. The summed E-state index contributed by atoms with van der Waals surface area (Å²) in [4.78, 5) is 18.9. The number of amides is 1. The van der Waals surface area contributed by atoms with E-state index in [2.05, 4.69) is 45.5 Å².